The predicted molar refractivity (Wildman–Crippen MR) is 67.4 cm³/mol. The molecule has 0 aromatic heterocycles. The van der Waals surface area contributed by atoms with Crippen molar-refractivity contribution in [3.63, 3.8) is 0 Å². The van der Waals surface area contributed by atoms with E-state index in [1.807, 2.05) is 4.90 Å². The van der Waals surface area contributed by atoms with Gasteiger partial charge in [0.25, 0.3) is 0 Å². The van der Waals surface area contributed by atoms with Gasteiger partial charge in [-0.2, -0.15) is 0 Å². The summed E-state index contributed by atoms with van der Waals surface area (Å²) in [4.78, 5) is 14.6. The average Bonchev–Trinajstić information content (AvgIpc) is 2.30. The van der Waals surface area contributed by atoms with Crippen molar-refractivity contribution in [2.45, 2.75) is 53.0 Å². The molecular weight excluding hydrogens is 200 g/mol. The number of hydrogen-bond acceptors (Lipinski definition) is 2. The van der Waals surface area contributed by atoms with E-state index in [1.54, 1.807) is 0 Å². The molecule has 94 valence electrons. The van der Waals surface area contributed by atoms with E-state index in [-0.39, 0.29) is 5.41 Å². The summed E-state index contributed by atoms with van der Waals surface area (Å²) in [5.41, 5.74) is -0.183. The maximum Gasteiger partial charge on any atom is 0.230 e. The molecule has 0 aromatic rings. The minimum absolute atomic E-state index is 0.183. The zero-order valence-electron chi connectivity index (χ0n) is 11.2. The van der Waals surface area contributed by atoms with Crippen LogP contribution in [0.15, 0.2) is 0 Å². The van der Waals surface area contributed by atoms with Crippen molar-refractivity contribution >= 4 is 5.91 Å². The molecule has 0 bridgehead atoms. The molecule has 0 saturated carbocycles. The Morgan fingerprint density at radius 2 is 2.19 bits per heavy atom. The largest absolute Gasteiger partial charge is 0.340 e. The first-order valence-corrected chi connectivity index (χ1v) is 6.57. The molecule has 1 rings (SSSR count). The van der Waals surface area contributed by atoms with Gasteiger partial charge >= 0.3 is 0 Å². The third-order valence-corrected chi connectivity index (χ3v) is 3.84. The summed E-state index contributed by atoms with van der Waals surface area (Å²) in [6, 6.07) is 0.358. The topological polar surface area (TPSA) is 32.3 Å². The molecule has 3 nitrogen and oxygen atoms in total. The highest BCUT2D eigenvalue weighted by atomic mass is 16.2. The van der Waals surface area contributed by atoms with Crippen LogP contribution in [-0.4, -0.2) is 36.5 Å². The molecule has 0 radical (unpaired) electrons. The van der Waals surface area contributed by atoms with Crippen molar-refractivity contribution in [1.29, 1.82) is 0 Å². The highest BCUT2D eigenvalue weighted by molar-refractivity contribution is 5.83. The second kappa shape index (κ2) is 5.67. The fourth-order valence-electron chi connectivity index (χ4n) is 2.46. The summed E-state index contributed by atoms with van der Waals surface area (Å²) in [6.45, 7) is 11.2. The van der Waals surface area contributed by atoms with Crippen molar-refractivity contribution in [3.8, 4) is 0 Å². The van der Waals surface area contributed by atoms with Crippen LogP contribution in [0.3, 0.4) is 0 Å². The maximum atomic E-state index is 12.5. The van der Waals surface area contributed by atoms with Crippen molar-refractivity contribution < 1.29 is 4.79 Å². The average molecular weight is 226 g/mol. The number of hydrogen-bond donors (Lipinski definition) is 1. The van der Waals surface area contributed by atoms with E-state index in [4.69, 9.17) is 0 Å². The number of amides is 1. The molecular formula is C13H26N2O. The first-order chi connectivity index (χ1) is 7.55. The second-order valence-corrected chi connectivity index (χ2v) is 5.19. The summed E-state index contributed by atoms with van der Waals surface area (Å²) in [7, 11) is 0. The Kier molecular flexibility index (Phi) is 4.78. The van der Waals surface area contributed by atoms with Gasteiger partial charge in [0.05, 0.1) is 5.41 Å². The molecule has 2 atom stereocenters. The van der Waals surface area contributed by atoms with Crippen LogP contribution in [0.25, 0.3) is 0 Å². The monoisotopic (exact) mass is 226 g/mol. The molecule has 0 aliphatic carbocycles. The van der Waals surface area contributed by atoms with Crippen LogP contribution in [-0.2, 0) is 4.79 Å². The minimum Gasteiger partial charge on any atom is -0.340 e. The van der Waals surface area contributed by atoms with E-state index >= 15 is 0 Å². The van der Waals surface area contributed by atoms with Gasteiger partial charge in [0.2, 0.25) is 5.91 Å². The Morgan fingerprint density at radius 1 is 1.50 bits per heavy atom. The number of rotatable bonds is 4. The molecule has 0 aromatic carbocycles. The van der Waals surface area contributed by atoms with E-state index in [1.165, 1.54) is 0 Å². The van der Waals surface area contributed by atoms with Crippen molar-refractivity contribution in [3.05, 3.63) is 0 Å². The lowest BCUT2D eigenvalue weighted by Gasteiger charge is -2.39. The van der Waals surface area contributed by atoms with Crippen LogP contribution in [0.4, 0.5) is 0 Å². The molecule has 1 N–H and O–H groups in total. The van der Waals surface area contributed by atoms with Gasteiger partial charge in [0.15, 0.2) is 0 Å². The van der Waals surface area contributed by atoms with E-state index in [0.717, 1.165) is 38.9 Å². The molecule has 1 aliphatic heterocycles. The van der Waals surface area contributed by atoms with E-state index in [2.05, 4.69) is 33.0 Å². The smallest absolute Gasteiger partial charge is 0.230 e. The van der Waals surface area contributed by atoms with Crippen LogP contribution in [0.2, 0.25) is 0 Å². The second-order valence-electron chi connectivity index (χ2n) is 5.19. The fourth-order valence-corrected chi connectivity index (χ4v) is 2.46. The van der Waals surface area contributed by atoms with Crippen LogP contribution in [0.5, 0.6) is 0 Å². The molecule has 1 heterocycles. The quantitative estimate of drug-likeness (QED) is 0.795. The van der Waals surface area contributed by atoms with Gasteiger partial charge in [0, 0.05) is 19.1 Å². The molecule has 16 heavy (non-hydrogen) atoms. The number of carbonyl (C=O) groups is 1. The lowest BCUT2D eigenvalue weighted by atomic mass is 9.81. The minimum atomic E-state index is -0.183. The first kappa shape index (κ1) is 13.5. The van der Waals surface area contributed by atoms with Gasteiger partial charge in [0.1, 0.15) is 0 Å². The normalized spacial score (nSPS) is 27.5. The van der Waals surface area contributed by atoms with E-state index < -0.39 is 0 Å². The van der Waals surface area contributed by atoms with Crippen molar-refractivity contribution in [2.24, 2.45) is 5.41 Å². The zero-order valence-corrected chi connectivity index (χ0v) is 11.2. The number of nitrogens with zero attached hydrogens (tertiary/aromatic N) is 1. The molecule has 2 unspecified atom stereocenters. The zero-order chi connectivity index (χ0) is 12.2. The van der Waals surface area contributed by atoms with Gasteiger partial charge in [-0.05, 0) is 46.6 Å². The third kappa shape index (κ3) is 2.76. The SMILES string of the molecule is CCC(C)N(CC)C(=O)C1(C)CCCNC1. The molecule has 1 saturated heterocycles. The molecule has 3 heteroatoms. The van der Waals surface area contributed by atoms with Gasteiger partial charge in [-0.3, -0.25) is 4.79 Å². The lowest BCUT2D eigenvalue weighted by molar-refractivity contribution is -0.144. The number of carbonyl (C=O) groups excluding carboxylic acids is 1. The Balaban J connectivity index is 2.73. The van der Waals surface area contributed by atoms with Gasteiger partial charge < -0.3 is 10.2 Å². The third-order valence-electron chi connectivity index (χ3n) is 3.84. The number of piperidine rings is 1. The van der Waals surface area contributed by atoms with Gasteiger partial charge in [-0.1, -0.05) is 6.92 Å². The standard InChI is InChI=1S/C13H26N2O/c1-5-11(3)15(6-2)12(16)13(4)8-7-9-14-10-13/h11,14H,5-10H2,1-4H3. The molecule has 1 amide bonds. The summed E-state index contributed by atoms with van der Waals surface area (Å²) in [5, 5.41) is 3.34. The highest BCUT2D eigenvalue weighted by Gasteiger charge is 2.38. The Morgan fingerprint density at radius 3 is 2.62 bits per heavy atom. The maximum absolute atomic E-state index is 12.5. The molecule has 1 aliphatic rings. The summed E-state index contributed by atoms with van der Waals surface area (Å²) >= 11 is 0. The van der Waals surface area contributed by atoms with Crippen LogP contribution < -0.4 is 5.32 Å². The fraction of sp³-hybridized carbons (Fsp3) is 0.923. The van der Waals surface area contributed by atoms with Gasteiger partial charge in [-0.15, -0.1) is 0 Å². The highest BCUT2D eigenvalue weighted by Crippen LogP contribution is 2.29. The predicted octanol–water partition coefficient (Wildman–Crippen LogP) is 2.02. The van der Waals surface area contributed by atoms with E-state index in [0.29, 0.717) is 11.9 Å². The van der Waals surface area contributed by atoms with Crippen LogP contribution in [0.1, 0.15) is 47.0 Å². The van der Waals surface area contributed by atoms with Crippen LogP contribution in [0, 0.1) is 5.41 Å². The first-order valence-electron chi connectivity index (χ1n) is 6.57. The molecule has 0 spiro atoms. The van der Waals surface area contributed by atoms with Crippen LogP contribution >= 0.6 is 0 Å². The van der Waals surface area contributed by atoms with Crippen molar-refractivity contribution in [2.75, 3.05) is 19.6 Å². The Labute approximate surface area is 99.6 Å². The number of nitrogens with one attached hydrogen (secondary N) is 1. The van der Waals surface area contributed by atoms with Gasteiger partial charge in [-0.25, -0.2) is 0 Å². The Bertz CT molecular complexity index is 234. The van der Waals surface area contributed by atoms with Crippen molar-refractivity contribution in [1.82, 2.24) is 10.2 Å². The summed E-state index contributed by atoms with van der Waals surface area (Å²) < 4.78 is 0. The summed E-state index contributed by atoms with van der Waals surface area (Å²) in [5.74, 6) is 0.330. The summed E-state index contributed by atoms with van der Waals surface area (Å²) in [6.07, 6.45) is 3.16. The Hall–Kier alpha value is -0.570. The van der Waals surface area contributed by atoms with E-state index in [9.17, 15) is 4.79 Å². The lowest BCUT2D eigenvalue weighted by Crippen LogP contribution is -2.52. The molecule has 1 fully saturated rings.